The molecular weight excluding hydrogens is 345 g/mol. The highest BCUT2D eigenvalue weighted by atomic mass is 127. The van der Waals surface area contributed by atoms with E-state index in [0.717, 1.165) is 6.42 Å². The third-order valence-electron chi connectivity index (χ3n) is 3.39. The molecule has 2 rings (SSSR count). The summed E-state index contributed by atoms with van der Waals surface area (Å²) < 4.78 is 1.24. The second-order valence-electron chi connectivity index (χ2n) is 4.87. The van der Waals surface area contributed by atoms with Crippen molar-refractivity contribution in [2.45, 2.75) is 32.2 Å². The fraction of sp³-hybridized carbons (Fsp3) is 0.294. The Hall–Kier alpha value is -0.870. The molecule has 19 heavy (non-hydrogen) atoms. The Labute approximate surface area is 129 Å². The van der Waals surface area contributed by atoms with E-state index < -0.39 is 0 Å². The Morgan fingerprint density at radius 2 is 1.47 bits per heavy atom. The summed E-state index contributed by atoms with van der Waals surface area (Å²) in [5, 5.41) is 0. The van der Waals surface area contributed by atoms with Gasteiger partial charge in [0.05, 0.1) is 6.04 Å². The highest BCUT2D eigenvalue weighted by Crippen LogP contribution is 2.21. The minimum Gasteiger partial charge on any atom is -0.320 e. The summed E-state index contributed by atoms with van der Waals surface area (Å²) in [6, 6.07) is 17.1. The molecule has 0 radical (unpaired) electrons. The van der Waals surface area contributed by atoms with Crippen LogP contribution in [0, 0.1) is 3.57 Å². The van der Waals surface area contributed by atoms with Gasteiger partial charge in [-0.25, -0.2) is 0 Å². The molecule has 0 bridgehead atoms. The van der Waals surface area contributed by atoms with Crippen LogP contribution < -0.4 is 5.73 Å². The van der Waals surface area contributed by atoms with E-state index in [1.54, 1.807) is 0 Å². The van der Waals surface area contributed by atoms with Crippen molar-refractivity contribution in [2.75, 3.05) is 0 Å². The quantitative estimate of drug-likeness (QED) is 0.765. The monoisotopic (exact) mass is 365 g/mol. The van der Waals surface area contributed by atoms with E-state index in [9.17, 15) is 0 Å². The highest BCUT2D eigenvalue weighted by Gasteiger charge is 2.08. The minimum atomic E-state index is -0.0303. The summed E-state index contributed by atoms with van der Waals surface area (Å²) in [6.07, 6.45) is 3.65. The van der Waals surface area contributed by atoms with Crippen LogP contribution in [0.5, 0.6) is 0 Å². The SMILES string of the molecule is CCCCc1ccc(C(N)c2ccc(I)cc2)cc1. The second-order valence-corrected chi connectivity index (χ2v) is 6.12. The molecule has 1 atom stereocenters. The molecule has 0 amide bonds. The molecule has 100 valence electrons. The maximum absolute atomic E-state index is 6.31. The van der Waals surface area contributed by atoms with Gasteiger partial charge in [-0.15, -0.1) is 0 Å². The maximum atomic E-state index is 6.31. The molecule has 0 aliphatic rings. The van der Waals surface area contributed by atoms with Crippen LogP contribution in [0.25, 0.3) is 0 Å². The molecule has 0 saturated heterocycles. The van der Waals surface area contributed by atoms with Crippen molar-refractivity contribution in [3.63, 3.8) is 0 Å². The molecule has 2 aromatic rings. The van der Waals surface area contributed by atoms with Gasteiger partial charge in [0, 0.05) is 3.57 Å². The van der Waals surface area contributed by atoms with Gasteiger partial charge in [0.15, 0.2) is 0 Å². The first kappa shape index (κ1) is 14.5. The molecule has 1 nitrogen and oxygen atoms in total. The van der Waals surface area contributed by atoms with E-state index in [0.29, 0.717) is 0 Å². The van der Waals surface area contributed by atoms with Gasteiger partial charge in [0.25, 0.3) is 0 Å². The topological polar surface area (TPSA) is 26.0 Å². The number of unbranched alkanes of at least 4 members (excludes halogenated alkanes) is 1. The number of hydrogen-bond acceptors (Lipinski definition) is 1. The number of nitrogens with two attached hydrogens (primary N) is 1. The van der Waals surface area contributed by atoms with Crippen LogP contribution >= 0.6 is 22.6 Å². The number of aryl methyl sites for hydroxylation is 1. The van der Waals surface area contributed by atoms with Crippen molar-refractivity contribution in [1.82, 2.24) is 0 Å². The molecule has 1 unspecified atom stereocenters. The van der Waals surface area contributed by atoms with Crippen molar-refractivity contribution >= 4 is 22.6 Å². The Balaban J connectivity index is 2.10. The van der Waals surface area contributed by atoms with Crippen molar-refractivity contribution in [3.8, 4) is 0 Å². The molecule has 0 spiro atoms. The molecule has 0 heterocycles. The first-order valence-electron chi connectivity index (χ1n) is 6.80. The van der Waals surface area contributed by atoms with E-state index in [4.69, 9.17) is 5.73 Å². The highest BCUT2D eigenvalue weighted by molar-refractivity contribution is 14.1. The van der Waals surface area contributed by atoms with Gasteiger partial charge < -0.3 is 5.73 Å². The lowest BCUT2D eigenvalue weighted by atomic mass is 9.97. The average Bonchev–Trinajstić information content (AvgIpc) is 2.46. The summed E-state index contributed by atoms with van der Waals surface area (Å²) >= 11 is 2.31. The smallest absolute Gasteiger partial charge is 0.0551 e. The molecule has 0 aliphatic carbocycles. The van der Waals surface area contributed by atoms with Gasteiger partial charge in [0.1, 0.15) is 0 Å². The van der Waals surface area contributed by atoms with E-state index in [1.165, 1.54) is 33.1 Å². The summed E-state index contributed by atoms with van der Waals surface area (Å²) in [5.41, 5.74) is 10.1. The fourth-order valence-electron chi connectivity index (χ4n) is 2.14. The van der Waals surface area contributed by atoms with E-state index in [2.05, 4.69) is 78.0 Å². The summed E-state index contributed by atoms with van der Waals surface area (Å²) in [7, 11) is 0. The van der Waals surface area contributed by atoms with Crippen molar-refractivity contribution in [3.05, 3.63) is 68.8 Å². The third-order valence-corrected chi connectivity index (χ3v) is 4.11. The largest absolute Gasteiger partial charge is 0.320 e. The van der Waals surface area contributed by atoms with Crippen LogP contribution in [-0.4, -0.2) is 0 Å². The molecule has 2 aromatic carbocycles. The lowest BCUT2D eigenvalue weighted by Gasteiger charge is -2.13. The lowest BCUT2D eigenvalue weighted by Crippen LogP contribution is -2.11. The molecule has 2 heteroatoms. The summed E-state index contributed by atoms with van der Waals surface area (Å²) in [5.74, 6) is 0. The van der Waals surface area contributed by atoms with E-state index in [1.807, 2.05) is 0 Å². The Bertz CT molecular complexity index is 502. The first-order chi connectivity index (χ1) is 9.20. The normalized spacial score (nSPS) is 12.4. The van der Waals surface area contributed by atoms with Gasteiger partial charge in [0.2, 0.25) is 0 Å². The predicted octanol–water partition coefficient (Wildman–Crippen LogP) is 4.68. The van der Waals surface area contributed by atoms with Crippen LogP contribution in [0.1, 0.15) is 42.5 Å². The number of rotatable bonds is 5. The van der Waals surface area contributed by atoms with E-state index >= 15 is 0 Å². The average molecular weight is 365 g/mol. The summed E-state index contributed by atoms with van der Waals surface area (Å²) in [4.78, 5) is 0. The second kappa shape index (κ2) is 7.06. The Kier molecular flexibility index (Phi) is 5.40. The fourth-order valence-corrected chi connectivity index (χ4v) is 2.49. The number of benzene rings is 2. The van der Waals surface area contributed by atoms with Gasteiger partial charge >= 0.3 is 0 Å². The summed E-state index contributed by atoms with van der Waals surface area (Å²) in [6.45, 7) is 2.22. The molecular formula is C17H20IN. The van der Waals surface area contributed by atoms with Crippen LogP contribution in [-0.2, 0) is 6.42 Å². The standard InChI is InChI=1S/C17H20IN/c1-2-3-4-13-5-7-14(8-6-13)17(19)15-9-11-16(18)12-10-15/h5-12,17H,2-4,19H2,1H3. The van der Waals surface area contributed by atoms with Gasteiger partial charge in [-0.1, -0.05) is 49.7 Å². The first-order valence-corrected chi connectivity index (χ1v) is 7.88. The van der Waals surface area contributed by atoms with Crippen LogP contribution in [0.3, 0.4) is 0 Å². The zero-order valence-electron chi connectivity index (χ0n) is 11.3. The van der Waals surface area contributed by atoms with Crippen molar-refractivity contribution in [1.29, 1.82) is 0 Å². The van der Waals surface area contributed by atoms with E-state index in [-0.39, 0.29) is 6.04 Å². The predicted molar refractivity (Wildman–Crippen MR) is 90.2 cm³/mol. The maximum Gasteiger partial charge on any atom is 0.0551 e. The van der Waals surface area contributed by atoms with Gasteiger partial charge in [-0.2, -0.15) is 0 Å². The molecule has 0 fully saturated rings. The minimum absolute atomic E-state index is 0.0303. The van der Waals surface area contributed by atoms with Crippen LogP contribution in [0.15, 0.2) is 48.5 Å². The number of hydrogen-bond donors (Lipinski definition) is 1. The Morgan fingerprint density at radius 1 is 0.947 bits per heavy atom. The van der Waals surface area contributed by atoms with Crippen molar-refractivity contribution in [2.24, 2.45) is 5.73 Å². The zero-order valence-corrected chi connectivity index (χ0v) is 13.4. The van der Waals surface area contributed by atoms with Crippen LogP contribution in [0.4, 0.5) is 0 Å². The van der Waals surface area contributed by atoms with Crippen LogP contribution in [0.2, 0.25) is 0 Å². The van der Waals surface area contributed by atoms with Gasteiger partial charge in [-0.05, 0) is 64.3 Å². The Morgan fingerprint density at radius 3 is 2.00 bits per heavy atom. The number of halogens is 1. The molecule has 0 saturated carbocycles. The molecule has 0 aliphatic heterocycles. The molecule has 2 N–H and O–H groups in total. The third kappa shape index (κ3) is 4.05. The molecule has 0 aromatic heterocycles. The van der Waals surface area contributed by atoms with Crippen molar-refractivity contribution < 1.29 is 0 Å². The van der Waals surface area contributed by atoms with Gasteiger partial charge in [-0.3, -0.25) is 0 Å². The zero-order chi connectivity index (χ0) is 13.7. The lowest BCUT2D eigenvalue weighted by molar-refractivity contribution is 0.793.